The average Bonchev–Trinajstić information content (AvgIpc) is 1.59. The summed E-state index contributed by atoms with van der Waals surface area (Å²) >= 11 is 3.54. The molecule has 0 aromatic carbocycles. The predicted molar refractivity (Wildman–Crippen MR) is 50.5 cm³/mol. The zero-order chi connectivity index (χ0) is 8.20. The van der Waals surface area contributed by atoms with E-state index in [4.69, 9.17) is 0 Å². The first-order chi connectivity index (χ1) is 4.42. The summed E-state index contributed by atoms with van der Waals surface area (Å²) < 4.78 is 1.08. The van der Waals surface area contributed by atoms with Crippen molar-refractivity contribution in [1.29, 1.82) is 0 Å². The maximum absolute atomic E-state index is 3.54. The van der Waals surface area contributed by atoms with Crippen LogP contribution in [0.5, 0.6) is 0 Å². The van der Waals surface area contributed by atoms with E-state index in [0.717, 1.165) is 4.48 Å². The number of nitrogens with zero attached hydrogens (tertiary/aromatic N) is 1. The van der Waals surface area contributed by atoms with E-state index in [0.29, 0.717) is 4.83 Å². The average molecular weight is 209 g/mol. The number of rotatable bonds is 4. The van der Waals surface area contributed by atoms with Crippen molar-refractivity contribution in [3.63, 3.8) is 0 Å². The van der Waals surface area contributed by atoms with Crippen molar-refractivity contribution in [3.8, 4) is 0 Å². The van der Waals surface area contributed by atoms with E-state index < -0.39 is 0 Å². The van der Waals surface area contributed by atoms with E-state index in [1.54, 1.807) is 0 Å². The molecule has 0 aromatic rings. The summed E-state index contributed by atoms with van der Waals surface area (Å²) in [5, 5.41) is 0. The molecule has 0 rings (SSSR count). The molecule has 1 unspecified atom stereocenters. The molecule has 0 fully saturated rings. The fraction of sp³-hybridized carbons (Fsp3) is 1.00. The Morgan fingerprint density at radius 1 is 1.30 bits per heavy atom. The van der Waals surface area contributed by atoms with Gasteiger partial charge in [0.25, 0.3) is 0 Å². The van der Waals surface area contributed by atoms with Crippen molar-refractivity contribution in [2.45, 2.75) is 24.6 Å². The molecule has 0 saturated heterocycles. The third kappa shape index (κ3) is 8.44. The number of halogens is 1. The molecule has 0 bridgehead atoms. The largest absolute Gasteiger partial charge is 0.331 e. The van der Waals surface area contributed by atoms with E-state index in [1.165, 1.54) is 19.4 Å². The molecule has 0 aliphatic carbocycles. The van der Waals surface area contributed by atoms with Gasteiger partial charge in [-0.1, -0.05) is 22.9 Å². The van der Waals surface area contributed by atoms with Crippen molar-refractivity contribution in [2.24, 2.45) is 0 Å². The smallest absolute Gasteiger partial charge is 0.0780 e. The maximum Gasteiger partial charge on any atom is 0.0780 e. The van der Waals surface area contributed by atoms with Gasteiger partial charge in [0, 0.05) is 4.83 Å². The summed E-state index contributed by atoms with van der Waals surface area (Å²) in [4.78, 5) is 0.680. The van der Waals surface area contributed by atoms with Crippen molar-refractivity contribution in [1.82, 2.24) is 0 Å². The fourth-order valence-corrected chi connectivity index (χ4v) is 1.17. The molecule has 0 aliphatic rings. The van der Waals surface area contributed by atoms with Gasteiger partial charge in [-0.15, -0.1) is 0 Å². The molecule has 0 N–H and O–H groups in total. The summed E-state index contributed by atoms with van der Waals surface area (Å²) in [5.41, 5.74) is 0. The minimum Gasteiger partial charge on any atom is -0.331 e. The van der Waals surface area contributed by atoms with Crippen LogP contribution >= 0.6 is 15.9 Å². The lowest BCUT2D eigenvalue weighted by Crippen LogP contribution is -2.35. The summed E-state index contributed by atoms with van der Waals surface area (Å²) in [6.07, 6.45) is 2.60. The third-order valence-corrected chi connectivity index (χ3v) is 1.89. The Hall–Kier alpha value is 0.440. The van der Waals surface area contributed by atoms with Gasteiger partial charge in [0.1, 0.15) is 0 Å². The van der Waals surface area contributed by atoms with Gasteiger partial charge in [0.05, 0.1) is 27.7 Å². The Kier molecular flexibility index (Phi) is 4.54. The van der Waals surface area contributed by atoms with Crippen molar-refractivity contribution < 1.29 is 4.48 Å². The van der Waals surface area contributed by atoms with Gasteiger partial charge in [-0.25, -0.2) is 0 Å². The van der Waals surface area contributed by atoms with E-state index >= 15 is 0 Å². The molecule has 1 nitrogen and oxygen atoms in total. The second-order valence-electron chi connectivity index (χ2n) is 3.94. The normalized spacial score (nSPS) is 15.3. The topological polar surface area (TPSA) is 0 Å². The fourth-order valence-electron chi connectivity index (χ4n) is 0.847. The van der Waals surface area contributed by atoms with E-state index in [2.05, 4.69) is 44.0 Å². The van der Waals surface area contributed by atoms with Crippen LogP contribution in [0.15, 0.2) is 0 Å². The van der Waals surface area contributed by atoms with Crippen LogP contribution in [0.25, 0.3) is 0 Å². The van der Waals surface area contributed by atoms with Gasteiger partial charge in [-0.2, -0.15) is 0 Å². The molecule has 0 aromatic heterocycles. The Balaban J connectivity index is 3.21. The lowest BCUT2D eigenvalue weighted by atomic mass is 10.2. The zero-order valence-corrected chi connectivity index (χ0v) is 9.11. The SMILES string of the molecule is CC(Br)CCC[N+](C)(C)C. The first-order valence-corrected chi connectivity index (χ1v) is 4.78. The van der Waals surface area contributed by atoms with Crippen LogP contribution in [-0.4, -0.2) is 37.0 Å². The maximum atomic E-state index is 3.54. The second-order valence-corrected chi connectivity index (χ2v) is 5.50. The number of hydrogen-bond acceptors (Lipinski definition) is 0. The van der Waals surface area contributed by atoms with E-state index in [-0.39, 0.29) is 0 Å². The number of quaternary nitrogens is 1. The highest BCUT2D eigenvalue weighted by Gasteiger charge is 2.06. The molecule has 0 amide bonds. The van der Waals surface area contributed by atoms with Gasteiger partial charge in [-0.05, 0) is 12.8 Å². The standard InChI is InChI=1S/C8H19BrN/c1-8(9)6-5-7-10(2,3)4/h8H,5-7H2,1-4H3/q+1. The summed E-state index contributed by atoms with van der Waals surface area (Å²) in [6, 6.07) is 0. The van der Waals surface area contributed by atoms with Crippen LogP contribution in [0.2, 0.25) is 0 Å². The Morgan fingerprint density at radius 2 is 1.80 bits per heavy atom. The molecule has 0 aliphatic heterocycles. The minimum atomic E-state index is 0.680. The first-order valence-electron chi connectivity index (χ1n) is 3.86. The Labute approximate surface area is 73.1 Å². The van der Waals surface area contributed by atoms with Crippen molar-refractivity contribution >= 4 is 15.9 Å². The second kappa shape index (κ2) is 4.35. The zero-order valence-electron chi connectivity index (χ0n) is 7.52. The highest BCUT2D eigenvalue weighted by atomic mass is 79.9. The van der Waals surface area contributed by atoms with Crippen LogP contribution in [0.1, 0.15) is 19.8 Å². The van der Waals surface area contributed by atoms with Crippen LogP contribution in [0, 0.1) is 0 Å². The van der Waals surface area contributed by atoms with Crippen LogP contribution < -0.4 is 0 Å². The van der Waals surface area contributed by atoms with Gasteiger partial charge < -0.3 is 4.48 Å². The van der Waals surface area contributed by atoms with Gasteiger partial charge in [0.2, 0.25) is 0 Å². The number of hydrogen-bond donors (Lipinski definition) is 0. The summed E-state index contributed by atoms with van der Waals surface area (Å²) in [6.45, 7) is 3.48. The van der Waals surface area contributed by atoms with Crippen molar-refractivity contribution in [3.05, 3.63) is 0 Å². The highest BCUT2D eigenvalue weighted by molar-refractivity contribution is 9.09. The lowest BCUT2D eigenvalue weighted by molar-refractivity contribution is -0.870. The molecular formula is C8H19BrN+. The molecule has 2 heteroatoms. The van der Waals surface area contributed by atoms with Crippen LogP contribution in [0.4, 0.5) is 0 Å². The Bertz CT molecular complexity index is 83.7. The molecule has 62 valence electrons. The molecule has 0 heterocycles. The van der Waals surface area contributed by atoms with Gasteiger partial charge >= 0.3 is 0 Å². The molecule has 0 radical (unpaired) electrons. The third-order valence-electron chi connectivity index (χ3n) is 1.43. The van der Waals surface area contributed by atoms with Gasteiger partial charge in [0.15, 0.2) is 0 Å². The minimum absolute atomic E-state index is 0.680. The summed E-state index contributed by atoms with van der Waals surface area (Å²) in [5.74, 6) is 0. The number of alkyl halides is 1. The van der Waals surface area contributed by atoms with E-state index in [1.807, 2.05) is 0 Å². The van der Waals surface area contributed by atoms with Crippen LogP contribution in [-0.2, 0) is 0 Å². The first kappa shape index (κ1) is 10.4. The quantitative estimate of drug-likeness (QED) is 0.492. The Morgan fingerprint density at radius 3 is 2.10 bits per heavy atom. The monoisotopic (exact) mass is 208 g/mol. The molecule has 0 spiro atoms. The van der Waals surface area contributed by atoms with Crippen molar-refractivity contribution in [2.75, 3.05) is 27.7 Å². The molecule has 0 saturated carbocycles. The lowest BCUT2D eigenvalue weighted by Gasteiger charge is -2.23. The molecular weight excluding hydrogens is 190 g/mol. The highest BCUT2D eigenvalue weighted by Crippen LogP contribution is 2.07. The predicted octanol–water partition coefficient (Wildman–Crippen LogP) is 2.26. The molecule has 10 heavy (non-hydrogen) atoms. The van der Waals surface area contributed by atoms with E-state index in [9.17, 15) is 0 Å². The molecule has 1 atom stereocenters. The summed E-state index contributed by atoms with van der Waals surface area (Å²) in [7, 11) is 6.71. The van der Waals surface area contributed by atoms with Crippen LogP contribution in [0.3, 0.4) is 0 Å². The van der Waals surface area contributed by atoms with Gasteiger partial charge in [-0.3, -0.25) is 0 Å².